The van der Waals surface area contributed by atoms with E-state index in [4.69, 9.17) is 0 Å². The van der Waals surface area contributed by atoms with Gasteiger partial charge in [0.15, 0.2) is 0 Å². The van der Waals surface area contributed by atoms with Crippen molar-refractivity contribution in [2.24, 2.45) is 0 Å². The van der Waals surface area contributed by atoms with Crippen LogP contribution in [-0.4, -0.2) is 6.71 Å². The molecule has 0 aromatic heterocycles. The van der Waals surface area contributed by atoms with Crippen LogP contribution in [0.4, 0.5) is 17.1 Å². The third-order valence-corrected chi connectivity index (χ3v) is 8.41. The Morgan fingerprint density at radius 1 is 0.526 bits per heavy atom. The van der Waals surface area contributed by atoms with Crippen molar-refractivity contribution < 1.29 is 0 Å². The van der Waals surface area contributed by atoms with E-state index in [1.54, 1.807) is 0 Å². The minimum absolute atomic E-state index is 0.247. The number of nitrogens with zero attached hydrogens (tertiary/aromatic N) is 1. The van der Waals surface area contributed by atoms with E-state index in [1.807, 2.05) is 0 Å². The molecule has 0 radical (unpaired) electrons. The molecule has 0 spiro atoms. The third kappa shape index (κ3) is 3.33. The van der Waals surface area contributed by atoms with Gasteiger partial charge in [0.1, 0.15) is 0 Å². The Kier molecular flexibility index (Phi) is 5.33. The van der Waals surface area contributed by atoms with E-state index >= 15 is 0 Å². The Morgan fingerprint density at radius 3 is 1.97 bits per heavy atom. The molecule has 7 rings (SSSR count). The summed E-state index contributed by atoms with van der Waals surface area (Å²) < 4.78 is 0. The topological polar surface area (TPSA) is 3.24 Å². The highest BCUT2D eigenvalue weighted by molar-refractivity contribution is 7.01. The quantitative estimate of drug-likeness (QED) is 0.227. The summed E-state index contributed by atoms with van der Waals surface area (Å²) in [5.74, 6) is 0.828. The van der Waals surface area contributed by atoms with Gasteiger partial charge in [0.2, 0.25) is 6.71 Å². The lowest BCUT2D eigenvalue weighted by molar-refractivity contribution is 0.855. The molecule has 1 nitrogen and oxygen atoms in total. The van der Waals surface area contributed by atoms with Crippen LogP contribution >= 0.6 is 0 Å². The van der Waals surface area contributed by atoms with Crippen LogP contribution in [0.15, 0.2) is 109 Å². The van der Waals surface area contributed by atoms with Crippen LogP contribution in [0.1, 0.15) is 50.7 Å². The van der Waals surface area contributed by atoms with Crippen LogP contribution in [0.2, 0.25) is 0 Å². The van der Waals surface area contributed by atoms with Crippen molar-refractivity contribution in [1.29, 1.82) is 0 Å². The molecule has 0 fully saturated rings. The molecule has 0 amide bonds. The van der Waals surface area contributed by atoms with Gasteiger partial charge in [0.25, 0.3) is 0 Å². The largest absolute Gasteiger partial charge is 0.311 e. The summed E-state index contributed by atoms with van der Waals surface area (Å²) in [4.78, 5) is 2.60. The zero-order valence-corrected chi connectivity index (χ0v) is 22.6. The van der Waals surface area contributed by atoms with E-state index in [0.717, 1.165) is 0 Å². The summed E-state index contributed by atoms with van der Waals surface area (Å²) in [5.41, 5.74) is 16.3. The van der Waals surface area contributed by atoms with Gasteiger partial charge < -0.3 is 4.90 Å². The monoisotopic (exact) mass is 489 g/mol. The summed E-state index contributed by atoms with van der Waals surface area (Å²) in [5, 5.41) is 0. The first kappa shape index (κ1) is 23.1. The molecule has 0 bridgehead atoms. The Balaban J connectivity index is 1.64. The Morgan fingerprint density at radius 2 is 1.18 bits per heavy atom. The van der Waals surface area contributed by atoms with Crippen molar-refractivity contribution in [2.45, 2.75) is 39.5 Å². The van der Waals surface area contributed by atoms with Crippen LogP contribution in [0.5, 0.6) is 0 Å². The molecule has 0 atom stereocenters. The van der Waals surface area contributed by atoms with E-state index in [2.05, 4.69) is 142 Å². The van der Waals surface area contributed by atoms with Crippen LogP contribution in [-0.2, 0) is 0 Å². The van der Waals surface area contributed by atoms with E-state index < -0.39 is 0 Å². The normalized spacial score (nSPS) is 13.1. The summed E-state index contributed by atoms with van der Waals surface area (Å²) in [6.45, 7) is 9.51. The van der Waals surface area contributed by atoms with Gasteiger partial charge in [-0.05, 0) is 74.3 Å². The molecule has 2 heterocycles. The highest BCUT2D eigenvalue weighted by atomic mass is 15.2. The summed E-state index contributed by atoms with van der Waals surface area (Å²) >= 11 is 0. The highest BCUT2D eigenvalue weighted by Crippen LogP contribution is 2.46. The first-order chi connectivity index (χ1) is 18.5. The van der Waals surface area contributed by atoms with Gasteiger partial charge >= 0.3 is 0 Å². The van der Waals surface area contributed by atoms with Gasteiger partial charge in [0, 0.05) is 17.1 Å². The van der Waals surface area contributed by atoms with Gasteiger partial charge in [-0.1, -0.05) is 124 Å². The lowest BCUT2D eigenvalue weighted by Gasteiger charge is -2.39. The van der Waals surface area contributed by atoms with E-state index in [1.165, 1.54) is 66.8 Å². The fraction of sp³-hybridized carbons (Fsp3) is 0.167. The number of anilines is 3. The molecule has 0 N–H and O–H groups in total. The number of hydrogen-bond acceptors (Lipinski definition) is 1. The first-order valence-electron chi connectivity index (χ1n) is 13.9. The van der Waals surface area contributed by atoms with Gasteiger partial charge in [-0.25, -0.2) is 0 Å². The lowest BCUT2D eigenvalue weighted by atomic mass is 9.37. The number of benzene rings is 5. The highest BCUT2D eigenvalue weighted by Gasteiger charge is 2.43. The summed E-state index contributed by atoms with van der Waals surface area (Å²) in [6, 6.07) is 40.8. The molecular formula is C36H32BN. The molecule has 0 aliphatic carbocycles. The number of rotatable bonds is 4. The van der Waals surface area contributed by atoms with E-state index in [-0.39, 0.29) is 6.71 Å². The Labute approximate surface area is 226 Å². The summed E-state index contributed by atoms with van der Waals surface area (Å²) in [7, 11) is 0. The maximum Gasteiger partial charge on any atom is 0.248 e. The number of hydrogen-bond donors (Lipinski definition) is 0. The maximum atomic E-state index is 2.60. The predicted octanol–water partition coefficient (Wildman–Crippen LogP) is 7.88. The van der Waals surface area contributed by atoms with Gasteiger partial charge in [0.05, 0.1) is 0 Å². The van der Waals surface area contributed by atoms with Crippen molar-refractivity contribution in [3.05, 3.63) is 120 Å². The zero-order valence-electron chi connectivity index (χ0n) is 22.6. The average molecular weight is 489 g/mol. The fourth-order valence-corrected chi connectivity index (χ4v) is 6.71. The summed E-state index contributed by atoms with van der Waals surface area (Å²) in [6.07, 6.45) is 0. The van der Waals surface area contributed by atoms with Crippen LogP contribution in [0.3, 0.4) is 0 Å². The molecule has 0 unspecified atom stereocenters. The number of fused-ring (bicyclic) bond motifs is 5. The molecule has 38 heavy (non-hydrogen) atoms. The molecule has 5 aromatic rings. The standard InChI is InChI=1S/C36H32BN/c1-23(2)27-15-9-11-20-33(27)38-34-22-26(25-13-6-5-7-14-25)21-30-29-16-8-10-18-31(29)37(35(30)34)32-19-12-17-28(24(3)4)36(32)38/h5-24H,1-4H3. The van der Waals surface area contributed by atoms with E-state index in [9.17, 15) is 0 Å². The molecule has 184 valence electrons. The lowest BCUT2D eigenvalue weighted by Crippen LogP contribution is -2.55. The predicted molar refractivity (Wildman–Crippen MR) is 165 cm³/mol. The van der Waals surface area contributed by atoms with Gasteiger partial charge in [-0.3, -0.25) is 0 Å². The van der Waals surface area contributed by atoms with E-state index in [0.29, 0.717) is 11.8 Å². The van der Waals surface area contributed by atoms with Crippen LogP contribution < -0.4 is 21.3 Å². The molecule has 5 aromatic carbocycles. The molecule has 2 aliphatic heterocycles. The molecule has 2 heteroatoms. The molecule has 2 aliphatic rings. The molecule has 0 saturated heterocycles. The third-order valence-electron chi connectivity index (χ3n) is 8.41. The maximum absolute atomic E-state index is 2.60. The minimum Gasteiger partial charge on any atom is -0.311 e. The SMILES string of the molecule is CC(C)c1ccccc1N1c2cc(-c3ccccc3)cc3c2B(c2ccccc2-3)c2cccc(C(C)C)c21. The Bertz CT molecular complexity index is 1680. The minimum atomic E-state index is 0.247. The second kappa shape index (κ2) is 8.77. The molecular weight excluding hydrogens is 457 g/mol. The molecule has 0 saturated carbocycles. The van der Waals surface area contributed by atoms with Gasteiger partial charge in [-0.2, -0.15) is 0 Å². The van der Waals surface area contributed by atoms with Crippen molar-refractivity contribution in [3.8, 4) is 22.3 Å². The van der Waals surface area contributed by atoms with Gasteiger partial charge in [-0.15, -0.1) is 0 Å². The second-order valence-electron chi connectivity index (χ2n) is 11.3. The second-order valence-corrected chi connectivity index (χ2v) is 11.3. The zero-order chi connectivity index (χ0) is 26.0. The average Bonchev–Trinajstić information content (AvgIpc) is 3.28. The fourth-order valence-electron chi connectivity index (χ4n) is 6.71. The van der Waals surface area contributed by atoms with Crippen molar-refractivity contribution in [2.75, 3.05) is 4.90 Å². The number of para-hydroxylation sites is 2. The Hall–Kier alpha value is -4.04. The van der Waals surface area contributed by atoms with Crippen LogP contribution in [0.25, 0.3) is 22.3 Å². The smallest absolute Gasteiger partial charge is 0.248 e. The first-order valence-corrected chi connectivity index (χ1v) is 13.9. The van der Waals surface area contributed by atoms with Crippen molar-refractivity contribution >= 4 is 40.2 Å². The van der Waals surface area contributed by atoms with Crippen molar-refractivity contribution in [3.63, 3.8) is 0 Å². The van der Waals surface area contributed by atoms with Crippen LogP contribution in [0, 0.1) is 0 Å². The van der Waals surface area contributed by atoms with Crippen molar-refractivity contribution in [1.82, 2.24) is 0 Å².